The third-order valence-electron chi connectivity index (χ3n) is 4.37. The van der Waals surface area contributed by atoms with Crippen molar-refractivity contribution >= 4 is 16.8 Å². The lowest BCUT2D eigenvalue weighted by molar-refractivity contribution is 0.0839. The van der Waals surface area contributed by atoms with Gasteiger partial charge in [-0.1, -0.05) is 20.3 Å². The fourth-order valence-corrected chi connectivity index (χ4v) is 3.20. The van der Waals surface area contributed by atoms with E-state index in [1.54, 1.807) is 12.1 Å². The van der Waals surface area contributed by atoms with E-state index in [4.69, 9.17) is 0 Å². The Labute approximate surface area is 111 Å². The van der Waals surface area contributed by atoms with Crippen LogP contribution in [0.15, 0.2) is 23.0 Å². The van der Waals surface area contributed by atoms with Gasteiger partial charge in [0.25, 0.3) is 0 Å². The van der Waals surface area contributed by atoms with Crippen molar-refractivity contribution in [2.75, 3.05) is 0 Å². The van der Waals surface area contributed by atoms with Gasteiger partial charge in [0.05, 0.1) is 11.0 Å². The van der Waals surface area contributed by atoms with Crippen LogP contribution in [0.25, 0.3) is 11.0 Å². The van der Waals surface area contributed by atoms with Crippen LogP contribution in [0.4, 0.5) is 0 Å². The second-order valence-electron chi connectivity index (χ2n) is 6.14. The van der Waals surface area contributed by atoms with Gasteiger partial charge in [-0.3, -0.25) is 4.79 Å². The Morgan fingerprint density at radius 3 is 2.68 bits per heavy atom. The van der Waals surface area contributed by atoms with Crippen LogP contribution in [0.3, 0.4) is 0 Å². The molecule has 100 valence electrons. The molecule has 0 radical (unpaired) electrons. The number of fused-ring (bicyclic) bond motifs is 1. The molecule has 1 heterocycles. The summed E-state index contributed by atoms with van der Waals surface area (Å²) in [6, 6.07) is 5.38. The first-order valence-electron chi connectivity index (χ1n) is 6.74. The molecule has 2 aromatic rings. The normalized spacial score (nSPS) is 21.9. The van der Waals surface area contributed by atoms with E-state index in [1.165, 1.54) is 0 Å². The number of Topliss-reactive ketones (excluding diaryl/α,β-unsaturated/α-hetero) is 1. The lowest BCUT2D eigenvalue weighted by atomic mass is 9.78. The Morgan fingerprint density at radius 2 is 2.00 bits per heavy atom. The summed E-state index contributed by atoms with van der Waals surface area (Å²) in [5.41, 5.74) is 1.99. The fraction of sp³-hybridized carbons (Fsp3) is 0.467. The van der Waals surface area contributed by atoms with Crippen molar-refractivity contribution in [2.45, 2.75) is 33.1 Å². The second-order valence-corrected chi connectivity index (χ2v) is 6.14. The summed E-state index contributed by atoms with van der Waals surface area (Å²) in [6.45, 7) is 4.33. The second kappa shape index (κ2) is 4.08. The lowest BCUT2D eigenvalue weighted by Crippen LogP contribution is -2.25. The third-order valence-corrected chi connectivity index (χ3v) is 4.37. The first-order valence-corrected chi connectivity index (χ1v) is 6.74. The summed E-state index contributed by atoms with van der Waals surface area (Å²) in [7, 11) is 0. The number of carbonyl (C=O) groups excluding carboxylic acids is 1. The minimum absolute atomic E-state index is 0.0809. The Bertz CT molecular complexity index is 693. The zero-order chi connectivity index (χ0) is 13.6. The number of hydrogen-bond acceptors (Lipinski definition) is 2. The highest BCUT2D eigenvalue weighted by atomic mass is 16.1. The van der Waals surface area contributed by atoms with Gasteiger partial charge in [-0.25, -0.2) is 4.79 Å². The predicted molar refractivity (Wildman–Crippen MR) is 74.4 cm³/mol. The molecule has 1 aliphatic carbocycles. The molecule has 1 aromatic carbocycles. The molecule has 0 aliphatic heterocycles. The van der Waals surface area contributed by atoms with E-state index in [9.17, 15) is 9.59 Å². The topological polar surface area (TPSA) is 65.7 Å². The third kappa shape index (κ3) is 2.01. The zero-order valence-electron chi connectivity index (χ0n) is 11.2. The van der Waals surface area contributed by atoms with Gasteiger partial charge >= 0.3 is 5.69 Å². The first-order chi connectivity index (χ1) is 8.97. The number of carbonyl (C=O) groups is 1. The molecule has 1 atom stereocenters. The number of benzene rings is 1. The van der Waals surface area contributed by atoms with Crippen LogP contribution in [0.1, 0.15) is 43.5 Å². The highest BCUT2D eigenvalue weighted by molar-refractivity contribution is 6.00. The van der Waals surface area contributed by atoms with Gasteiger partial charge in [-0.15, -0.1) is 0 Å². The van der Waals surface area contributed by atoms with Crippen molar-refractivity contribution in [1.29, 1.82) is 0 Å². The highest BCUT2D eigenvalue weighted by Crippen LogP contribution is 2.44. The van der Waals surface area contributed by atoms with Crippen molar-refractivity contribution in [3.05, 3.63) is 34.2 Å². The first kappa shape index (κ1) is 12.2. The molecule has 2 N–H and O–H groups in total. The van der Waals surface area contributed by atoms with Crippen molar-refractivity contribution in [1.82, 2.24) is 9.97 Å². The lowest BCUT2D eigenvalue weighted by Gasteiger charge is -2.25. The van der Waals surface area contributed by atoms with Gasteiger partial charge in [0, 0.05) is 11.5 Å². The Kier molecular flexibility index (Phi) is 2.62. The summed E-state index contributed by atoms with van der Waals surface area (Å²) < 4.78 is 0. The number of rotatable bonds is 2. The van der Waals surface area contributed by atoms with Crippen molar-refractivity contribution in [3.63, 3.8) is 0 Å². The average Bonchev–Trinajstić information content (AvgIpc) is 2.88. The molecule has 0 bridgehead atoms. The van der Waals surface area contributed by atoms with E-state index >= 15 is 0 Å². The molecule has 0 saturated heterocycles. The number of hydrogen-bond donors (Lipinski definition) is 2. The number of aromatic amines is 2. The Hall–Kier alpha value is -1.84. The summed E-state index contributed by atoms with van der Waals surface area (Å²) in [6.07, 6.45) is 3.19. The average molecular weight is 258 g/mol. The Balaban J connectivity index is 1.99. The minimum Gasteiger partial charge on any atom is -0.306 e. The van der Waals surface area contributed by atoms with E-state index in [0.29, 0.717) is 11.1 Å². The maximum atomic E-state index is 12.6. The van der Waals surface area contributed by atoms with Crippen LogP contribution in [-0.2, 0) is 0 Å². The van der Waals surface area contributed by atoms with Crippen LogP contribution >= 0.6 is 0 Å². The molecule has 1 aromatic heterocycles. The van der Waals surface area contributed by atoms with Gasteiger partial charge in [0.1, 0.15) is 0 Å². The number of aromatic nitrogens is 2. The quantitative estimate of drug-likeness (QED) is 0.813. The summed E-state index contributed by atoms with van der Waals surface area (Å²) in [5.74, 6) is 0.294. The van der Waals surface area contributed by atoms with Crippen LogP contribution in [0.2, 0.25) is 0 Å². The molecular formula is C15H18N2O2. The van der Waals surface area contributed by atoms with Crippen LogP contribution in [0.5, 0.6) is 0 Å². The van der Waals surface area contributed by atoms with E-state index in [1.807, 2.05) is 6.07 Å². The van der Waals surface area contributed by atoms with Crippen LogP contribution in [0, 0.1) is 11.3 Å². The van der Waals surface area contributed by atoms with E-state index in [2.05, 4.69) is 23.8 Å². The number of nitrogens with one attached hydrogen (secondary N) is 2. The van der Waals surface area contributed by atoms with E-state index < -0.39 is 0 Å². The molecule has 0 amide bonds. The van der Waals surface area contributed by atoms with Gasteiger partial charge in [0.15, 0.2) is 5.78 Å². The maximum absolute atomic E-state index is 12.6. The zero-order valence-corrected chi connectivity index (χ0v) is 11.2. The van der Waals surface area contributed by atoms with Crippen molar-refractivity contribution in [3.8, 4) is 0 Å². The monoisotopic (exact) mass is 258 g/mol. The summed E-state index contributed by atoms with van der Waals surface area (Å²) in [4.78, 5) is 29.2. The standard InChI is InChI=1S/C15H18N2O2/c1-15(2)7-3-4-10(15)13(18)9-5-6-11-12(8-9)17-14(19)16-11/h5-6,8,10H,3-4,7H2,1-2H3,(H2,16,17,19). The molecule has 1 aliphatic rings. The van der Waals surface area contributed by atoms with Crippen molar-refractivity contribution in [2.24, 2.45) is 11.3 Å². The molecule has 1 fully saturated rings. The fourth-order valence-electron chi connectivity index (χ4n) is 3.20. The molecule has 0 spiro atoms. The van der Waals surface area contributed by atoms with Gasteiger partial charge < -0.3 is 9.97 Å². The van der Waals surface area contributed by atoms with Crippen LogP contribution < -0.4 is 5.69 Å². The minimum atomic E-state index is -0.235. The Morgan fingerprint density at radius 1 is 1.26 bits per heavy atom. The number of H-pyrrole nitrogens is 2. The molecule has 1 unspecified atom stereocenters. The van der Waals surface area contributed by atoms with E-state index in [0.717, 1.165) is 24.8 Å². The molecule has 4 heteroatoms. The van der Waals surface area contributed by atoms with Gasteiger partial charge in [-0.2, -0.15) is 0 Å². The largest absolute Gasteiger partial charge is 0.323 e. The molecule has 1 saturated carbocycles. The van der Waals surface area contributed by atoms with Crippen molar-refractivity contribution < 1.29 is 4.79 Å². The van der Waals surface area contributed by atoms with Gasteiger partial charge in [-0.05, 0) is 36.5 Å². The summed E-state index contributed by atoms with van der Waals surface area (Å²) in [5, 5.41) is 0. The number of imidazole rings is 1. The smallest absolute Gasteiger partial charge is 0.306 e. The molecule has 4 nitrogen and oxygen atoms in total. The molecule has 19 heavy (non-hydrogen) atoms. The van der Waals surface area contributed by atoms with Crippen LogP contribution in [-0.4, -0.2) is 15.8 Å². The maximum Gasteiger partial charge on any atom is 0.323 e. The molecule has 3 rings (SSSR count). The van der Waals surface area contributed by atoms with Gasteiger partial charge in [0.2, 0.25) is 0 Å². The molecular weight excluding hydrogens is 240 g/mol. The summed E-state index contributed by atoms with van der Waals surface area (Å²) >= 11 is 0. The SMILES string of the molecule is CC1(C)CCCC1C(=O)c1ccc2[nH]c(=O)[nH]c2c1. The van der Waals surface area contributed by atoms with E-state index in [-0.39, 0.29) is 22.8 Å². The highest BCUT2D eigenvalue weighted by Gasteiger charge is 2.39. The number of ketones is 1. The predicted octanol–water partition coefficient (Wildman–Crippen LogP) is 2.87.